The Kier molecular flexibility index (Phi) is 3.20. The molecule has 1 aromatic carbocycles. The zero-order valence-corrected chi connectivity index (χ0v) is 12.5. The minimum Gasteiger partial charge on any atom is -0.398 e. The fourth-order valence-corrected chi connectivity index (χ4v) is 3.98. The normalized spacial score (nSPS) is 10.7. The second-order valence-corrected chi connectivity index (χ2v) is 6.44. The molecule has 2 aromatic heterocycles. The van der Waals surface area contributed by atoms with Gasteiger partial charge in [0.1, 0.15) is 5.01 Å². The lowest BCUT2D eigenvalue weighted by Gasteiger charge is -1.99. The van der Waals surface area contributed by atoms with Crippen LogP contribution in [0.15, 0.2) is 45.6 Å². The molecule has 2 nitrogen and oxygen atoms in total. The second kappa shape index (κ2) is 4.84. The van der Waals surface area contributed by atoms with Crippen molar-refractivity contribution in [2.75, 3.05) is 5.73 Å². The predicted octanol–water partition coefficient (Wildman–Crippen LogP) is 4.88. The Balaban J connectivity index is 2.02. The van der Waals surface area contributed by atoms with E-state index in [9.17, 15) is 0 Å². The van der Waals surface area contributed by atoms with Crippen LogP contribution in [0.4, 0.5) is 5.69 Å². The Morgan fingerprint density at radius 2 is 1.94 bits per heavy atom. The first kappa shape index (κ1) is 11.9. The molecule has 0 atom stereocenters. The quantitative estimate of drug-likeness (QED) is 0.677. The van der Waals surface area contributed by atoms with Gasteiger partial charge in [-0.15, -0.1) is 22.7 Å². The monoisotopic (exact) mass is 336 g/mol. The van der Waals surface area contributed by atoms with Crippen molar-refractivity contribution < 1.29 is 0 Å². The molecule has 0 radical (unpaired) electrons. The van der Waals surface area contributed by atoms with E-state index in [2.05, 4.69) is 37.7 Å². The van der Waals surface area contributed by atoms with Crippen LogP contribution >= 0.6 is 38.6 Å². The molecule has 18 heavy (non-hydrogen) atoms. The molecule has 3 rings (SSSR count). The van der Waals surface area contributed by atoms with Gasteiger partial charge in [-0.2, -0.15) is 0 Å². The number of nitrogen functional groups attached to an aromatic ring is 1. The lowest BCUT2D eigenvalue weighted by molar-refractivity contribution is 1.42. The van der Waals surface area contributed by atoms with Crippen LogP contribution < -0.4 is 5.73 Å². The Bertz CT molecular complexity index is 688. The Morgan fingerprint density at radius 1 is 1.11 bits per heavy atom. The average Bonchev–Trinajstić information content (AvgIpc) is 2.98. The van der Waals surface area contributed by atoms with Crippen LogP contribution in [0.5, 0.6) is 0 Å². The van der Waals surface area contributed by atoms with Crippen LogP contribution in [-0.2, 0) is 0 Å². The number of benzene rings is 1. The Labute approximate surface area is 121 Å². The first-order valence-corrected chi connectivity index (χ1v) is 7.84. The lowest BCUT2D eigenvalue weighted by atomic mass is 10.2. The van der Waals surface area contributed by atoms with E-state index in [0.29, 0.717) is 0 Å². The van der Waals surface area contributed by atoms with Crippen LogP contribution in [0, 0.1) is 0 Å². The largest absolute Gasteiger partial charge is 0.398 e. The van der Waals surface area contributed by atoms with E-state index in [-0.39, 0.29) is 0 Å². The van der Waals surface area contributed by atoms with Gasteiger partial charge < -0.3 is 5.73 Å². The minimum atomic E-state index is 0.769. The van der Waals surface area contributed by atoms with Gasteiger partial charge in [0.2, 0.25) is 0 Å². The van der Waals surface area contributed by atoms with E-state index >= 15 is 0 Å². The van der Waals surface area contributed by atoms with E-state index < -0.39 is 0 Å². The van der Waals surface area contributed by atoms with Gasteiger partial charge in [0, 0.05) is 26.5 Å². The molecule has 0 saturated heterocycles. The van der Waals surface area contributed by atoms with Crippen LogP contribution in [0.25, 0.3) is 21.1 Å². The van der Waals surface area contributed by atoms with Crippen molar-refractivity contribution in [2.24, 2.45) is 0 Å². The second-order valence-electron chi connectivity index (χ2n) is 3.75. The molecule has 0 aliphatic carbocycles. The third kappa shape index (κ3) is 2.21. The van der Waals surface area contributed by atoms with Crippen LogP contribution in [-0.4, -0.2) is 4.98 Å². The van der Waals surface area contributed by atoms with Crippen molar-refractivity contribution in [1.29, 1.82) is 0 Å². The number of anilines is 1. The van der Waals surface area contributed by atoms with Crippen molar-refractivity contribution in [1.82, 2.24) is 4.98 Å². The summed E-state index contributed by atoms with van der Waals surface area (Å²) in [6, 6.07) is 9.90. The molecule has 0 bridgehead atoms. The number of thiophene rings is 1. The summed E-state index contributed by atoms with van der Waals surface area (Å²) in [5.41, 5.74) is 8.75. The van der Waals surface area contributed by atoms with Crippen molar-refractivity contribution in [2.45, 2.75) is 0 Å². The highest BCUT2D eigenvalue weighted by atomic mass is 79.9. The molecule has 0 saturated carbocycles. The zero-order valence-electron chi connectivity index (χ0n) is 9.26. The highest BCUT2D eigenvalue weighted by Gasteiger charge is 2.10. The maximum absolute atomic E-state index is 5.97. The molecular formula is C13H9BrN2S2. The summed E-state index contributed by atoms with van der Waals surface area (Å²) < 4.78 is 1.09. The molecule has 3 aromatic rings. The summed E-state index contributed by atoms with van der Waals surface area (Å²) in [7, 11) is 0. The summed E-state index contributed by atoms with van der Waals surface area (Å²) in [4.78, 5) is 5.82. The maximum atomic E-state index is 5.97. The molecule has 2 N–H and O–H groups in total. The van der Waals surface area contributed by atoms with E-state index in [1.807, 2.05) is 24.3 Å². The van der Waals surface area contributed by atoms with Gasteiger partial charge >= 0.3 is 0 Å². The van der Waals surface area contributed by atoms with Gasteiger partial charge in [-0.3, -0.25) is 0 Å². The SMILES string of the molecule is Nc1ccccc1-c1nc(-c2cc(Br)cs2)cs1. The van der Waals surface area contributed by atoms with Gasteiger partial charge in [0.05, 0.1) is 10.6 Å². The first-order valence-electron chi connectivity index (χ1n) is 5.29. The number of hydrogen-bond donors (Lipinski definition) is 1. The van der Waals surface area contributed by atoms with Gasteiger partial charge in [0.15, 0.2) is 0 Å². The van der Waals surface area contributed by atoms with Crippen molar-refractivity contribution in [3.8, 4) is 21.1 Å². The zero-order chi connectivity index (χ0) is 12.5. The molecule has 90 valence electrons. The van der Waals surface area contributed by atoms with Gasteiger partial charge in [-0.1, -0.05) is 12.1 Å². The predicted molar refractivity (Wildman–Crippen MR) is 83.0 cm³/mol. The van der Waals surface area contributed by atoms with Crippen LogP contribution in [0.1, 0.15) is 0 Å². The minimum absolute atomic E-state index is 0.769. The first-order chi connectivity index (χ1) is 8.74. The highest BCUT2D eigenvalue weighted by Crippen LogP contribution is 2.35. The van der Waals surface area contributed by atoms with Gasteiger partial charge in [-0.05, 0) is 34.1 Å². The standard InChI is InChI=1S/C13H9BrN2S2/c14-8-5-12(17-6-8)11-7-18-13(16-11)9-3-1-2-4-10(9)15/h1-7H,15H2. The molecule has 0 amide bonds. The van der Waals surface area contributed by atoms with E-state index in [0.717, 1.165) is 26.4 Å². The van der Waals surface area contributed by atoms with E-state index in [1.54, 1.807) is 22.7 Å². The van der Waals surface area contributed by atoms with Gasteiger partial charge in [-0.25, -0.2) is 4.98 Å². The fourth-order valence-electron chi connectivity index (χ4n) is 1.65. The van der Waals surface area contributed by atoms with Crippen molar-refractivity contribution in [3.05, 3.63) is 45.6 Å². The lowest BCUT2D eigenvalue weighted by Crippen LogP contribution is -1.88. The number of rotatable bonds is 2. The van der Waals surface area contributed by atoms with E-state index in [4.69, 9.17) is 5.73 Å². The molecule has 0 aliphatic heterocycles. The van der Waals surface area contributed by atoms with Gasteiger partial charge in [0.25, 0.3) is 0 Å². The summed E-state index contributed by atoms with van der Waals surface area (Å²) in [5.74, 6) is 0. The van der Waals surface area contributed by atoms with E-state index in [1.165, 1.54) is 4.88 Å². The molecule has 0 fully saturated rings. The summed E-state index contributed by atoms with van der Waals surface area (Å²) in [5, 5.41) is 5.10. The number of thiazole rings is 1. The molecule has 0 aliphatic rings. The number of nitrogens with zero attached hydrogens (tertiary/aromatic N) is 1. The Hall–Kier alpha value is -1.17. The van der Waals surface area contributed by atoms with Crippen molar-refractivity contribution >= 4 is 44.3 Å². The highest BCUT2D eigenvalue weighted by molar-refractivity contribution is 9.10. The number of hydrogen-bond acceptors (Lipinski definition) is 4. The number of aromatic nitrogens is 1. The molecule has 5 heteroatoms. The average molecular weight is 337 g/mol. The molecular weight excluding hydrogens is 328 g/mol. The Morgan fingerprint density at radius 3 is 2.67 bits per heavy atom. The summed E-state index contributed by atoms with van der Waals surface area (Å²) in [6.07, 6.45) is 0. The third-order valence-corrected chi connectivity index (χ3v) is 5.10. The molecule has 0 spiro atoms. The van der Waals surface area contributed by atoms with Crippen LogP contribution in [0.2, 0.25) is 0 Å². The number of nitrogens with two attached hydrogens (primary N) is 1. The maximum Gasteiger partial charge on any atom is 0.126 e. The summed E-state index contributed by atoms with van der Waals surface area (Å²) in [6.45, 7) is 0. The number of halogens is 1. The fraction of sp³-hybridized carbons (Fsp3) is 0. The third-order valence-electron chi connectivity index (χ3n) is 2.52. The topological polar surface area (TPSA) is 38.9 Å². The van der Waals surface area contributed by atoms with Crippen LogP contribution in [0.3, 0.4) is 0 Å². The van der Waals surface area contributed by atoms with Crippen molar-refractivity contribution in [3.63, 3.8) is 0 Å². The molecule has 0 unspecified atom stereocenters. The summed E-state index contributed by atoms with van der Waals surface area (Å²) >= 11 is 6.76. The number of para-hydroxylation sites is 1. The smallest absolute Gasteiger partial charge is 0.126 e. The molecule has 2 heterocycles.